The fraction of sp³-hybridized carbons (Fsp3) is 0.111. The van der Waals surface area contributed by atoms with Crippen LogP contribution in [0.1, 0.15) is 5.56 Å². The number of halogens is 5. The van der Waals surface area contributed by atoms with Gasteiger partial charge in [-0.15, -0.1) is 0 Å². The Morgan fingerprint density at radius 1 is 0.590 bits per heavy atom. The summed E-state index contributed by atoms with van der Waals surface area (Å²) < 4.78 is 103. The molecule has 0 aliphatic rings. The minimum absolute atomic E-state index is 0.155. The van der Waals surface area contributed by atoms with Gasteiger partial charge in [-0.05, 0) is 67.6 Å². The fourth-order valence-electron chi connectivity index (χ4n) is 3.31. The van der Waals surface area contributed by atoms with Gasteiger partial charge in [-0.2, -0.15) is 0 Å². The highest BCUT2D eigenvalue weighted by molar-refractivity contribution is 7.97. The number of benzene rings is 4. The van der Waals surface area contributed by atoms with Gasteiger partial charge in [0, 0.05) is 0 Å². The summed E-state index contributed by atoms with van der Waals surface area (Å²) in [7, 11) is -2.54. The molecule has 4 aromatic rings. The molecule has 0 bridgehead atoms. The van der Waals surface area contributed by atoms with Crippen LogP contribution in [-0.2, 0) is 21.0 Å². The largest absolute Gasteiger partial charge is 0.744 e. The van der Waals surface area contributed by atoms with E-state index in [0.29, 0.717) is 0 Å². The van der Waals surface area contributed by atoms with Gasteiger partial charge in [0.1, 0.15) is 26.5 Å². The maximum atomic E-state index is 12.6. The van der Waals surface area contributed by atoms with E-state index in [2.05, 4.69) is 55.5 Å². The van der Waals surface area contributed by atoms with E-state index in [1.807, 2.05) is 24.3 Å². The van der Waals surface area contributed by atoms with Gasteiger partial charge in [-0.3, -0.25) is 0 Å². The third kappa shape index (κ3) is 6.88. The van der Waals surface area contributed by atoms with Crippen molar-refractivity contribution in [1.82, 2.24) is 0 Å². The van der Waals surface area contributed by atoms with E-state index in [0.717, 1.165) is 11.5 Å². The predicted octanol–water partition coefficient (Wildman–Crippen LogP) is 6.39. The first-order valence-corrected chi connectivity index (χ1v) is 13.6. The van der Waals surface area contributed by atoms with Gasteiger partial charge in [0.15, 0.2) is 38.0 Å². The number of methoxy groups -OCH3 is 2. The van der Waals surface area contributed by atoms with Gasteiger partial charge >= 0.3 is 0 Å². The first kappa shape index (κ1) is 29.9. The van der Waals surface area contributed by atoms with Crippen molar-refractivity contribution >= 4 is 21.0 Å². The zero-order valence-corrected chi connectivity index (χ0v) is 22.3. The lowest BCUT2D eigenvalue weighted by Crippen LogP contribution is -2.12. The van der Waals surface area contributed by atoms with E-state index >= 15 is 0 Å². The van der Waals surface area contributed by atoms with Crippen molar-refractivity contribution < 1.29 is 44.4 Å². The van der Waals surface area contributed by atoms with Crippen LogP contribution >= 0.6 is 0 Å². The van der Waals surface area contributed by atoms with Gasteiger partial charge in [0.2, 0.25) is 5.82 Å². The highest BCUT2D eigenvalue weighted by Gasteiger charge is 2.30. The molecule has 5 nitrogen and oxygen atoms in total. The van der Waals surface area contributed by atoms with Crippen molar-refractivity contribution in [3.63, 3.8) is 0 Å². The lowest BCUT2D eigenvalue weighted by atomic mass is 10.2. The van der Waals surface area contributed by atoms with E-state index in [-0.39, 0.29) is 10.9 Å². The molecule has 0 heterocycles. The van der Waals surface area contributed by atoms with Crippen LogP contribution in [0.25, 0.3) is 0 Å². The minimum Gasteiger partial charge on any atom is -0.744 e. The average molecular weight is 585 g/mol. The van der Waals surface area contributed by atoms with Crippen molar-refractivity contribution in [2.45, 2.75) is 26.5 Å². The van der Waals surface area contributed by atoms with Crippen LogP contribution in [0.4, 0.5) is 22.0 Å². The molecule has 12 heteroatoms. The van der Waals surface area contributed by atoms with Crippen molar-refractivity contribution in [2.75, 3.05) is 14.2 Å². The average Bonchev–Trinajstić information content (AvgIpc) is 2.92. The summed E-state index contributed by atoms with van der Waals surface area (Å²) in [4.78, 5) is 1.46. The second-order valence-corrected chi connectivity index (χ2v) is 11.2. The lowest BCUT2D eigenvalue weighted by Gasteiger charge is -2.10. The molecule has 4 rings (SSSR count). The summed E-state index contributed by atoms with van der Waals surface area (Å²) in [5, 5.41) is 0. The standard InChI is InChI=1S/C21H21O2S.C6HF5O3S/c1-16-4-10-19(11-5-16)24(20-12-6-17(22-2)7-13-20)21-14-8-18(23-3)9-15-21;7-1-2(8)4(10)6(15(12,13)14)5(11)3(1)9/h4-15H,1-3H3;(H,12,13,14)/q+1;/p-1. The van der Waals surface area contributed by atoms with Gasteiger partial charge in [-0.1, -0.05) is 17.7 Å². The molecule has 0 amide bonds. The normalized spacial score (nSPS) is 11.1. The molecule has 0 spiro atoms. The fourth-order valence-corrected chi connectivity index (χ4v) is 5.97. The molecule has 0 atom stereocenters. The van der Waals surface area contributed by atoms with Gasteiger partial charge in [-0.25, -0.2) is 30.4 Å². The highest BCUT2D eigenvalue weighted by atomic mass is 32.2. The molecule has 0 fully saturated rings. The summed E-state index contributed by atoms with van der Waals surface area (Å²) in [6.07, 6.45) is 0. The molecule has 206 valence electrons. The number of ether oxygens (including phenoxy) is 2. The first-order valence-electron chi connectivity index (χ1n) is 11.0. The Morgan fingerprint density at radius 2 is 0.897 bits per heavy atom. The lowest BCUT2D eigenvalue weighted by molar-refractivity contribution is 0.350. The Morgan fingerprint density at radius 3 is 1.21 bits per heavy atom. The SMILES string of the molecule is COc1ccc([S+](c2ccc(C)cc2)c2ccc(OC)cc2)cc1.O=S(=O)([O-])c1c(F)c(F)c(F)c(F)c1F. The van der Waals surface area contributed by atoms with Gasteiger partial charge < -0.3 is 14.0 Å². The van der Waals surface area contributed by atoms with Crippen molar-refractivity contribution in [3.8, 4) is 11.5 Å². The maximum absolute atomic E-state index is 12.6. The Labute approximate surface area is 224 Å². The van der Waals surface area contributed by atoms with Crippen molar-refractivity contribution in [2.24, 2.45) is 0 Å². The minimum atomic E-state index is -5.77. The van der Waals surface area contributed by atoms with E-state index in [4.69, 9.17) is 9.47 Å². The smallest absolute Gasteiger partial charge is 0.200 e. The van der Waals surface area contributed by atoms with Gasteiger partial charge in [0.05, 0.1) is 25.1 Å². The Bertz CT molecular complexity index is 1470. The van der Waals surface area contributed by atoms with Crippen LogP contribution < -0.4 is 9.47 Å². The van der Waals surface area contributed by atoms with E-state index < -0.39 is 44.1 Å². The Hall–Kier alpha value is -3.61. The second-order valence-electron chi connectivity index (χ2n) is 7.82. The zero-order chi connectivity index (χ0) is 28.9. The second kappa shape index (κ2) is 12.5. The highest BCUT2D eigenvalue weighted by Crippen LogP contribution is 2.33. The third-order valence-electron chi connectivity index (χ3n) is 5.27. The first-order chi connectivity index (χ1) is 18.4. The molecule has 0 aromatic heterocycles. The van der Waals surface area contributed by atoms with Crippen LogP contribution in [-0.4, -0.2) is 27.2 Å². The third-order valence-corrected chi connectivity index (χ3v) is 8.36. The Kier molecular flexibility index (Phi) is 9.59. The molecule has 0 N–H and O–H groups in total. The van der Waals surface area contributed by atoms with E-state index in [1.54, 1.807) is 14.2 Å². The van der Waals surface area contributed by atoms with Crippen molar-refractivity contribution in [3.05, 3.63) is 107 Å². The van der Waals surface area contributed by atoms with Crippen molar-refractivity contribution in [1.29, 1.82) is 0 Å². The van der Waals surface area contributed by atoms with Crippen LogP contribution in [0, 0.1) is 36.0 Å². The number of rotatable bonds is 6. The molecule has 0 aliphatic heterocycles. The topological polar surface area (TPSA) is 75.7 Å². The number of aryl methyl sites for hydroxylation is 1. The summed E-state index contributed by atoms with van der Waals surface area (Å²) in [6.45, 7) is 2.11. The van der Waals surface area contributed by atoms with Crippen LogP contribution in [0.15, 0.2) is 92.4 Å². The van der Waals surface area contributed by atoms with Crippen LogP contribution in [0.5, 0.6) is 11.5 Å². The van der Waals surface area contributed by atoms with Gasteiger partial charge in [0.25, 0.3) is 0 Å². The molecule has 0 aliphatic carbocycles. The molecule has 39 heavy (non-hydrogen) atoms. The zero-order valence-electron chi connectivity index (χ0n) is 20.7. The summed E-state index contributed by atoms with van der Waals surface area (Å²) in [5.74, 6) is -11.1. The van der Waals surface area contributed by atoms with Crippen LogP contribution in [0.2, 0.25) is 0 Å². The molecule has 0 unspecified atom stereocenters. The van der Waals surface area contributed by atoms with Crippen LogP contribution in [0.3, 0.4) is 0 Å². The number of hydrogen-bond acceptors (Lipinski definition) is 5. The summed E-state index contributed by atoms with van der Waals surface area (Å²) >= 11 is 0. The summed E-state index contributed by atoms with van der Waals surface area (Å²) in [6, 6.07) is 25.4. The van der Waals surface area contributed by atoms with E-state index in [9.17, 15) is 34.9 Å². The molecular formula is C27H21F5O5S2. The van der Waals surface area contributed by atoms with E-state index in [1.165, 1.54) is 20.2 Å². The maximum Gasteiger partial charge on any atom is 0.200 e. The monoisotopic (exact) mass is 584 g/mol. The molecule has 4 aromatic carbocycles. The molecule has 0 saturated heterocycles. The molecule has 0 saturated carbocycles. The Balaban J connectivity index is 0.000000242. The molecule has 0 radical (unpaired) electrons. The quantitative estimate of drug-likeness (QED) is 0.0863. The number of hydrogen-bond donors (Lipinski definition) is 0. The predicted molar refractivity (Wildman–Crippen MR) is 134 cm³/mol. The molecular weight excluding hydrogens is 563 g/mol. The summed E-state index contributed by atoms with van der Waals surface area (Å²) in [5.41, 5.74) is 1.27.